The molecule has 1 aliphatic heterocycles. The zero-order valence-electron chi connectivity index (χ0n) is 10.6. The maximum atomic E-state index is 11.0. The van der Waals surface area contributed by atoms with Crippen LogP contribution in [-0.2, 0) is 13.1 Å². The van der Waals surface area contributed by atoms with Gasteiger partial charge in [-0.05, 0) is 12.1 Å². The van der Waals surface area contributed by atoms with E-state index < -0.39 is 4.92 Å². The van der Waals surface area contributed by atoms with Crippen molar-refractivity contribution in [3.8, 4) is 0 Å². The number of benzene rings is 1. The summed E-state index contributed by atoms with van der Waals surface area (Å²) in [5.74, 6) is 0.947. The number of hydrogen-bond acceptors (Lipinski definition) is 5. The van der Waals surface area contributed by atoms with Gasteiger partial charge >= 0.3 is 0 Å². The molecule has 0 saturated carbocycles. The van der Waals surface area contributed by atoms with Crippen LogP contribution in [0.2, 0.25) is 0 Å². The van der Waals surface area contributed by atoms with Crippen LogP contribution in [0.3, 0.4) is 0 Å². The van der Waals surface area contributed by atoms with Gasteiger partial charge in [-0.3, -0.25) is 14.9 Å². The lowest BCUT2D eigenvalue weighted by Crippen LogP contribution is -2.33. The highest BCUT2D eigenvalue weighted by atomic mass is 16.6. The molecule has 2 heterocycles. The van der Waals surface area contributed by atoms with Gasteiger partial charge in [0.15, 0.2) is 6.29 Å². The quantitative estimate of drug-likeness (QED) is 0.482. The molecule has 102 valence electrons. The van der Waals surface area contributed by atoms with Crippen molar-refractivity contribution in [1.82, 2.24) is 9.55 Å². The van der Waals surface area contributed by atoms with Gasteiger partial charge in [0, 0.05) is 37.2 Å². The fraction of sp³-hybridized carbons (Fsp3) is 0.231. The first kappa shape index (κ1) is 12.3. The molecule has 1 aromatic heterocycles. The molecule has 7 nitrogen and oxygen atoms in total. The minimum Gasteiger partial charge on any atom is -0.362 e. The van der Waals surface area contributed by atoms with Gasteiger partial charge < -0.3 is 9.47 Å². The van der Waals surface area contributed by atoms with Crippen LogP contribution >= 0.6 is 0 Å². The van der Waals surface area contributed by atoms with E-state index in [9.17, 15) is 14.9 Å². The maximum absolute atomic E-state index is 11.0. The highest BCUT2D eigenvalue weighted by molar-refractivity contribution is 5.83. The van der Waals surface area contributed by atoms with E-state index in [4.69, 9.17) is 0 Å². The second kappa shape index (κ2) is 4.76. The number of rotatable bonds is 3. The molecule has 20 heavy (non-hydrogen) atoms. The van der Waals surface area contributed by atoms with Crippen LogP contribution in [0.5, 0.6) is 0 Å². The Morgan fingerprint density at radius 2 is 2.20 bits per heavy atom. The van der Waals surface area contributed by atoms with Crippen LogP contribution in [0.4, 0.5) is 11.4 Å². The largest absolute Gasteiger partial charge is 0.362 e. The van der Waals surface area contributed by atoms with Crippen LogP contribution in [-0.4, -0.2) is 27.3 Å². The predicted molar refractivity (Wildman–Crippen MR) is 71.8 cm³/mol. The SMILES string of the molecule is O=Cc1cc(N2CCn3ccnc3C2)ccc1[N+](=O)[O-]. The van der Waals surface area contributed by atoms with E-state index in [1.165, 1.54) is 6.07 Å². The molecule has 0 amide bonds. The van der Waals surface area contributed by atoms with Crippen molar-refractivity contribution < 1.29 is 9.72 Å². The van der Waals surface area contributed by atoms with Gasteiger partial charge in [0.1, 0.15) is 5.82 Å². The Morgan fingerprint density at radius 1 is 1.35 bits per heavy atom. The molecule has 2 aromatic rings. The van der Waals surface area contributed by atoms with Crippen molar-refractivity contribution in [3.05, 3.63) is 52.1 Å². The topological polar surface area (TPSA) is 81.3 Å². The van der Waals surface area contributed by atoms with E-state index in [-0.39, 0.29) is 11.3 Å². The van der Waals surface area contributed by atoms with E-state index in [1.807, 2.05) is 6.20 Å². The van der Waals surface area contributed by atoms with Crippen molar-refractivity contribution in [3.63, 3.8) is 0 Å². The Balaban J connectivity index is 1.92. The predicted octanol–water partition coefficient (Wildman–Crippen LogP) is 1.62. The van der Waals surface area contributed by atoms with Gasteiger partial charge in [0.2, 0.25) is 0 Å². The van der Waals surface area contributed by atoms with Gasteiger partial charge in [0.25, 0.3) is 5.69 Å². The summed E-state index contributed by atoms with van der Waals surface area (Å²) in [5.41, 5.74) is 0.732. The summed E-state index contributed by atoms with van der Waals surface area (Å²) in [6.07, 6.45) is 4.21. The molecule has 0 unspecified atom stereocenters. The van der Waals surface area contributed by atoms with Crippen molar-refractivity contribution in [2.75, 3.05) is 11.4 Å². The monoisotopic (exact) mass is 272 g/mol. The van der Waals surface area contributed by atoms with Crippen LogP contribution < -0.4 is 4.90 Å². The van der Waals surface area contributed by atoms with Gasteiger partial charge in [-0.2, -0.15) is 0 Å². The number of anilines is 1. The van der Waals surface area contributed by atoms with Crippen LogP contribution in [0, 0.1) is 10.1 Å². The zero-order valence-corrected chi connectivity index (χ0v) is 10.6. The van der Waals surface area contributed by atoms with Crippen LogP contribution in [0.25, 0.3) is 0 Å². The van der Waals surface area contributed by atoms with Gasteiger partial charge in [-0.1, -0.05) is 0 Å². The number of fused-ring (bicyclic) bond motifs is 1. The molecule has 1 aromatic carbocycles. The number of carbonyl (C=O) groups excluding carboxylic acids is 1. The lowest BCUT2D eigenvalue weighted by Gasteiger charge is -2.29. The molecule has 0 saturated heterocycles. The highest BCUT2D eigenvalue weighted by Crippen LogP contribution is 2.26. The summed E-state index contributed by atoms with van der Waals surface area (Å²) in [5, 5.41) is 10.8. The summed E-state index contributed by atoms with van der Waals surface area (Å²) < 4.78 is 2.07. The van der Waals surface area contributed by atoms with Gasteiger partial charge in [0.05, 0.1) is 17.0 Å². The Morgan fingerprint density at radius 3 is 2.95 bits per heavy atom. The molecule has 7 heteroatoms. The third-order valence-corrected chi connectivity index (χ3v) is 3.44. The Labute approximate surface area is 114 Å². The van der Waals surface area contributed by atoms with E-state index in [1.54, 1.807) is 18.3 Å². The molecule has 0 aliphatic carbocycles. The van der Waals surface area contributed by atoms with Crippen molar-refractivity contribution in [1.29, 1.82) is 0 Å². The molecule has 0 N–H and O–H groups in total. The van der Waals surface area contributed by atoms with Crippen molar-refractivity contribution in [2.45, 2.75) is 13.1 Å². The smallest absolute Gasteiger partial charge is 0.280 e. The number of imidazole rings is 1. The van der Waals surface area contributed by atoms with E-state index in [0.717, 1.165) is 24.6 Å². The first-order valence-corrected chi connectivity index (χ1v) is 6.17. The molecule has 3 rings (SSSR count). The number of hydrogen-bond donors (Lipinski definition) is 0. The molecule has 0 radical (unpaired) electrons. The second-order valence-electron chi connectivity index (χ2n) is 4.58. The van der Waals surface area contributed by atoms with E-state index >= 15 is 0 Å². The Bertz CT molecular complexity index is 680. The van der Waals surface area contributed by atoms with Gasteiger partial charge in [-0.25, -0.2) is 4.98 Å². The average Bonchev–Trinajstić information content (AvgIpc) is 2.93. The van der Waals surface area contributed by atoms with E-state index in [0.29, 0.717) is 12.8 Å². The maximum Gasteiger partial charge on any atom is 0.280 e. The highest BCUT2D eigenvalue weighted by Gasteiger charge is 2.20. The second-order valence-corrected chi connectivity index (χ2v) is 4.58. The third kappa shape index (κ3) is 2.03. The summed E-state index contributed by atoms with van der Waals surface area (Å²) in [7, 11) is 0. The first-order valence-electron chi connectivity index (χ1n) is 6.17. The molecule has 0 fully saturated rings. The molecular weight excluding hydrogens is 260 g/mol. The fourth-order valence-corrected chi connectivity index (χ4v) is 2.39. The molecule has 0 bridgehead atoms. The Hall–Kier alpha value is -2.70. The normalized spacial score (nSPS) is 13.9. The molecular formula is C13H12N4O3. The van der Waals surface area contributed by atoms with Crippen LogP contribution in [0.15, 0.2) is 30.6 Å². The van der Waals surface area contributed by atoms with Gasteiger partial charge in [-0.15, -0.1) is 0 Å². The minimum atomic E-state index is -0.545. The number of carbonyl (C=O) groups is 1. The first-order chi connectivity index (χ1) is 9.69. The summed E-state index contributed by atoms with van der Waals surface area (Å²) in [6, 6.07) is 4.60. The number of nitrogens with zero attached hydrogens (tertiary/aromatic N) is 4. The van der Waals surface area contributed by atoms with Crippen molar-refractivity contribution >= 4 is 17.7 Å². The Kier molecular flexibility index (Phi) is 2.94. The number of nitro groups is 1. The number of aromatic nitrogens is 2. The molecule has 0 atom stereocenters. The third-order valence-electron chi connectivity index (χ3n) is 3.44. The van der Waals surface area contributed by atoms with Crippen LogP contribution in [0.1, 0.15) is 16.2 Å². The zero-order chi connectivity index (χ0) is 14.1. The number of aldehydes is 1. The number of nitro benzene ring substituents is 1. The molecule has 1 aliphatic rings. The summed E-state index contributed by atoms with van der Waals surface area (Å²) in [6.45, 7) is 2.21. The average molecular weight is 272 g/mol. The van der Waals surface area contributed by atoms with E-state index in [2.05, 4.69) is 14.5 Å². The molecule has 0 spiro atoms. The summed E-state index contributed by atoms with van der Waals surface area (Å²) >= 11 is 0. The standard InChI is InChI=1S/C13H12N4O3/c18-9-10-7-11(1-2-12(10)17(19)20)16-6-5-15-4-3-14-13(15)8-16/h1-4,7,9H,5-6,8H2. The lowest BCUT2D eigenvalue weighted by atomic mass is 10.1. The lowest BCUT2D eigenvalue weighted by molar-refractivity contribution is -0.385. The van der Waals surface area contributed by atoms with Crippen molar-refractivity contribution in [2.24, 2.45) is 0 Å². The summed E-state index contributed by atoms with van der Waals surface area (Å²) in [4.78, 5) is 27.6. The fourth-order valence-electron chi connectivity index (χ4n) is 2.39. The minimum absolute atomic E-state index is 0.0985.